The molecule has 0 saturated heterocycles. The third-order valence-corrected chi connectivity index (χ3v) is 1.99. The van der Waals surface area contributed by atoms with Gasteiger partial charge in [-0.1, -0.05) is 19.7 Å². The minimum absolute atomic E-state index is 0. The van der Waals surface area contributed by atoms with E-state index in [-0.39, 0.29) is 36.6 Å². The topological polar surface area (TPSA) is 120 Å². The van der Waals surface area contributed by atoms with E-state index in [9.17, 15) is 29.7 Å². The summed E-state index contributed by atoms with van der Waals surface area (Å²) in [5, 5.41) is 28.4. The van der Waals surface area contributed by atoms with Crippen LogP contribution in [0.25, 0.3) is 0 Å². The van der Waals surface area contributed by atoms with Crippen LogP contribution < -0.4 is 15.3 Å². The van der Waals surface area contributed by atoms with Gasteiger partial charge in [0.05, 0.1) is 17.9 Å². The Labute approximate surface area is 169 Å². The molecule has 0 spiro atoms. The van der Waals surface area contributed by atoms with Crippen LogP contribution in [0.2, 0.25) is 0 Å². The minimum Gasteiger partial charge on any atom is -0.544 e. The maximum absolute atomic E-state index is 9.48. The van der Waals surface area contributed by atoms with Crippen molar-refractivity contribution in [3.63, 3.8) is 0 Å². The van der Waals surface area contributed by atoms with E-state index in [2.05, 4.69) is 19.7 Å². The molecule has 0 amide bonds. The van der Waals surface area contributed by atoms with Crippen LogP contribution in [-0.2, 0) is 14.4 Å². The Morgan fingerprint density at radius 3 is 0.684 bits per heavy atom. The van der Waals surface area contributed by atoms with E-state index in [0.717, 1.165) is 0 Å². The maximum atomic E-state index is 9.48. The van der Waals surface area contributed by atoms with E-state index < -0.39 is 17.9 Å². The molecule has 0 aromatic heterocycles. The minimum atomic E-state index is -1.20. The second kappa shape index (κ2) is 16.7. The molecule has 102 valence electrons. The fourth-order valence-electron chi connectivity index (χ4n) is 0. The third kappa shape index (κ3) is 32.3. The first kappa shape index (κ1) is 27.9. The summed E-state index contributed by atoms with van der Waals surface area (Å²) in [6.07, 6.45) is 0. The number of rotatable bonds is 3. The molecule has 6 nitrogen and oxygen atoms in total. The third-order valence-electron chi connectivity index (χ3n) is 0.664. The average Bonchev–Trinajstić information content (AvgIpc) is 2.18. The fourth-order valence-corrected chi connectivity index (χ4v) is 0. The first-order chi connectivity index (χ1) is 7.93. The molecule has 0 aliphatic carbocycles. The first-order valence-corrected chi connectivity index (χ1v) is 6.84. The van der Waals surface area contributed by atoms with E-state index >= 15 is 0 Å². The number of carboxylic acids is 3. The summed E-state index contributed by atoms with van der Waals surface area (Å²) >= 11 is 4.73. The van der Waals surface area contributed by atoms with Gasteiger partial charge in [0.15, 0.2) is 0 Å². The first-order valence-electron chi connectivity index (χ1n) is 3.60. The molecule has 0 unspecified atom stereocenters. The molecule has 0 fully saturated rings. The number of carbonyl (C=O) groups excluding carboxylic acids is 3. The summed E-state index contributed by atoms with van der Waals surface area (Å²) in [5.41, 5.74) is 0. The Bertz CT molecular complexity index is 287. The van der Waals surface area contributed by atoms with Gasteiger partial charge in [-0.3, -0.25) is 0 Å². The van der Waals surface area contributed by atoms with Gasteiger partial charge < -0.3 is 29.7 Å². The van der Waals surface area contributed by atoms with Gasteiger partial charge in [0.1, 0.15) is 0 Å². The predicted molar refractivity (Wildman–Crippen MR) is 90.3 cm³/mol. The molecular formula is C9H6I3InO6. The monoisotopic (exact) mass is 706 g/mol. The molecule has 0 bridgehead atoms. The van der Waals surface area contributed by atoms with E-state index in [0.29, 0.717) is 0 Å². The van der Waals surface area contributed by atoms with Crippen molar-refractivity contribution < 1.29 is 29.7 Å². The van der Waals surface area contributed by atoms with Crippen LogP contribution in [0.5, 0.6) is 0 Å². The van der Waals surface area contributed by atoms with Crippen molar-refractivity contribution in [2.45, 2.75) is 0 Å². The molecule has 0 atom stereocenters. The predicted octanol–water partition coefficient (Wildman–Crippen LogP) is -1.33. The zero-order valence-corrected chi connectivity index (χ0v) is 19.1. The van der Waals surface area contributed by atoms with Crippen LogP contribution in [-0.4, -0.2) is 43.8 Å². The Kier molecular flexibility index (Phi) is 24.6. The van der Waals surface area contributed by atoms with Crippen molar-refractivity contribution in [3.8, 4) is 0 Å². The molecular weight excluding hydrogens is 700 g/mol. The van der Waals surface area contributed by atoms with Crippen LogP contribution in [0, 0.1) is 0 Å². The number of hydrogen-bond donors (Lipinski definition) is 0. The SMILES string of the molecule is C=C(I)C(=O)[O-].C=C(I)C(=O)[O-].C=C(I)C(=O)[O-].[In+3]. The Balaban J connectivity index is -0.0000000865. The van der Waals surface area contributed by atoms with Crippen LogP contribution in [0.4, 0.5) is 0 Å². The Morgan fingerprint density at radius 2 is 0.684 bits per heavy atom. The molecule has 0 aromatic carbocycles. The molecule has 0 heterocycles. The van der Waals surface area contributed by atoms with Crippen LogP contribution in [0.1, 0.15) is 0 Å². The van der Waals surface area contributed by atoms with Crippen LogP contribution in [0.15, 0.2) is 30.5 Å². The van der Waals surface area contributed by atoms with Gasteiger partial charge in [-0.15, -0.1) is 0 Å². The zero-order chi connectivity index (χ0) is 15.5. The number of aliphatic carboxylic acids is 3. The van der Waals surface area contributed by atoms with Crippen molar-refractivity contribution in [1.29, 1.82) is 0 Å². The van der Waals surface area contributed by atoms with Gasteiger partial charge >= 0.3 is 25.8 Å². The number of carbonyl (C=O) groups is 3. The number of halogens is 3. The van der Waals surface area contributed by atoms with Crippen molar-refractivity contribution >= 4 is 112 Å². The summed E-state index contributed by atoms with van der Waals surface area (Å²) < 4.78 is 0.104. The second-order valence-corrected chi connectivity index (χ2v) is 5.98. The molecule has 0 radical (unpaired) electrons. The smallest absolute Gasteiger partial charge is 0.544 e. The van der Waals surface area contributed by atoms with Crippen molar-refractivity contribution in [2.24, 2.45) is 0 Å². The summed E-state index contributed by atoms with van der Waals surface area (Å²) in [4.78, 5) is 28.4. The van der Waals surface area contributed by atoms with Crippen molar-refractivity contribution in [3.05, 3.63) is 30.5 Å². The molecule has 0 aliphatic rings. The number of carboxylic acid groups (broad SMARTS) is 3. The molecule has 19 heavy (non-hydrogen) atoms. The Morgan fingerprint density at radius 1 is 0.632 bits per heavy atom. The number of hydrogen-bond acceptors (Lipinski definition) is 6. The van der Waals surface area contributed by atoms with Gasteiger partial charge in [0.2, 0.25) is 0 Å². The molecule has 0 aliphatic heterocycles. The maximum Gasteiger partial charge on any atom is 3.00 e. The van der Waals surface area contributed by atoms with Gasteiger partial charge in [0.25, 0.3) is 0 Å². The molecule has 0 aromatic rings. The van der Waals surface area contributed by atoms with Crippen molar-refractivity contribution in [1.82, 2.24) is 0 Å². The Hall–Kier alpha value is 0.690. The van der Waals surface area contributed by atoms with Gasteiger partial charge in [-0.2, -0.15) is 0 Å². The second-order valence-electron chi connectivity index (χ2n) is 2.08. The fraction of sp³-hybridized carbons (Fsp3) is 0. The van der Waals surface area contributed by atoms with Gasteiger partial charge in [-0.25, -0.2) is 0 Å². The van der Waals surface area contributed by atoms with E-state index in [1.165, 1.54) is 0 Å². The van der Waals surface area contributed by atoms with Crippen LogP contribution in [0.3, 0.4) is 0 Å². The van der Waals surface area contributed by atoms with Crippen molar-refractivity contribution in [2.75, 3.05) is 0 Å². The summed E-state index contributed by atoms with van der Waals surface area (Å²) in [5.74, 6) is -3.60. The van der Waals surface area contributed by atoms with E-state index in [1.54, 1.807) is 67.8 Å². The molecule has 0 N–H and O–H groups in total. The largest absolute Gasteiger partial charge is 3.00 e. The summed E-state index contributed by atoms with van der Waals surface area (Å²) in [7, 11) is 0. The normalized spacial score (nSPS) is 7.11. The van der Waals surface area contributed by atoms with Crippen LogP contribution >= 0.6 is 67.8 Å². The quantitative estimate of drug-likeness (QED) is 0.266. The summed E-state index contributed by atoms with van der Waals surface area (Å²) in [6.45, 7) is 9.24. The van der Waals surface area contributed by atoms with E-state index in [4.69, 9.17) is 0 Å². The zero-order valence-electron chi connectivity index (χ0n) is 9.28. The molecule has 0 saturated carbocycles. The van der Waals surface area contributed by atoms with Gasteiger partial charge in [0, 0.05) is 10.7 Å². The van der Waals surface area contributed by atoms with E-state index in [1.807, 2.05) is 0 Å². The standard InChI is InChI=1S/3C3H3IO2.In/c3*1-2(4)3(5)6;/h3*1H2,(H,5,6);/q;;;+3/p-3. The molecule has 0 rings (SSSR count). The summed E-state index contributed by atoms with van der Waals surface area (Å²) in [6, 6.07) is 0. The van der Waals surface area contributed by atoms with Gasteiger partial charge in [-0.05, 0) is 67.8 Å². The average molecular weight is 706 g/mol. The molecule has 10 heteroatoms.